The van der Waals surface area contributed by atoms with Crippen LogP contribution in [-0.2, 0) is 0 Å². The molecule has 21 heavy (non-hydrogen) atoms. The molecule has 0 bridgehead atoms. The molecule has 0 spiro atoms. The highest BCUT2D eigenvalue weighted by Crippen LogP contribution is 2.28. The predicted molar refractivity (Wildman–Crippen MR) is 68.7 cm³/mol. The van der Waals surface area contributed by atoms with Gasteiger partial charge in [0.2, 0.25) is 11.7 Å². The smallest absolute Gasteiger partial charge is 0.339 e. The highest BCUT2D eigenvalue weighted by molar-refractivity contribution is 5.91. The van der Waals surface area contributed by atoms with Crippen molar-refractivity contribution in [3.05, 3.63) is 51.8 Å². The Morgan fingerprint density at radius 1 is 1.38 bits per heavy atom. The molecule has 0 aliphatic heterocycles. The van der Waals surface area contributed by atoms with Crippen molar-refractivity contribution in [3.8, 4) is 11.6 Å². The molecule has 1 aromatic heterocycles. The summed E-state index contributed by atoms with van der Waals surface area (Å²) < 4.78 is 18.2. The molecular formula is C12H8FN3O5. The van der Waals surface area contributed by atoms with Gasteiger partial charge in [-0.05, 0) is 18.2 Å². The first kappa shape index (κ1) is 14.2. The Bertz CT molecular complexity index is 735. The number of nitro groups is 1. The molecular weight excluding hydrogens is 285 g/mol. The topological polar surface area (TPSA) is 129 Å². The minimum absolute atomic E-state index is 0.146. The molecule has 0 radical (unpaired) electrons. The van der Waals surface area contributed by atoms with Crippen LogP contribution >= 0.6 is 0 Å². The van der Waals surface area contributed by atoms with Crippen LogP contribution in [0.1, 0.15) is 10.4 Å². The van der Waals surface area contributed by atoms with E-state index in [1.165, 1.54) is 0 Å². The fraction of sp³-hybridized carbons (Fsp3) is 0. The van der Waals surface area contributed by atoms with Crippen LogP contribution in [-0.4, -0.2) is 21.0 Å². The number of carboxylic acid groups (broad SMARTS) is 1. The third kappa shape index (κ3) is 3.03. The van der Waals surface area contributed by atoms with Crippen LogP contribution in [0.3, 0.4) is 0 Å². The number of rotatable bonds is 4. The number of nitrogens with two attached hydrogens (primary N) is 1. The summed E-state index contributed by atoms with van der Waals surface area (Å²) in [6.45, 7) is 0. The van der Waals surface area contributed by atoms with Gasteiger partial charge in [0.1, 0.15) is 17.1 Å². The number of hydrogen-bond acceptors (Lipinski definition) is 6. The van der Waals surface area contributed by atoms with E-state index in [1.807, 2.05) is 0 Å². The summed E-state index contributed by atoms with van der Waals surface area (Å²) >= 11 is 0. The molecule has 1 aromatic carbocycles. The van der Waals surface area contributed by atoms with Crippen molar-refractivity contribution in [2.75, 3.05) is 5.73 Å². The number of halogens is 1. The molecule has 3 N–H and O–H groups in total. The largest absolute Gasteiger partial charge is 0.478 e. The maximum Gasteiger partial charge on any atom is 0.339 e. The lowest BCUT2D eigenvalue weighted by molar-refractivity contribution is -0.384. The Hall–Kier alpha value is -3.23. The number of nitrogen functional groups attached to an aromatic ring is 1. The average molecular weight is 293 g/mol. The molecule has 2 rings (SSSR count). The number of carbonyl (C=O) groups is 1. The third-order valence-corrected chi connectivity index (χ3v) is 2.46. The van der Waals surface area contributed by atoms with E-state index < -0.39 is 28.0 Å². The molecule has 1 heterocycles. The van der Waals surface area contributed by atoms with Crippen LogP contribution in [0.2, 0.25) is 0 Å². The van der Waals surface area contributed by atoms with E-state index in [4.69, 9.17) is 15.6 Å². The molecule has 0 aliphatic carbocycles. The maximum absolute atomic E-state index is 13.0. The molecule has 0 saturated carbocycles. The number of aromatic nitrogens is 1. The Morgan fingerprint density at radius 2 is 2.10 bits per heavy atom. The van der Waals surface area contributed by atoms with Gasteiger partial charge >= 0.3 is 11.7 Å². The van der Waals surface area contributed by atoms with E-state index in [1.54, 1.807) is 0 Å². The molecule has 0 aliphatic rings. The van der Waals surface area contributed by atoms with Gasteiger partial charge in [0.15, 0.2) is 0 Å². The van der Waals surface area contributed by atoms with Crippen molar-refractivity contribution in [2.24, 2.45) is 0 Å². The van der Waals surface area contributed by atoms with Crippen molar-refractivity contribution >= 4 is 17.5 Å². The average Bonchev–Trinajstić information content (AvgIpc) is 2.40. The van der Waals surface area contributed by atoms with Crippen LogP contribution in [0, 0.1) is 15.9 Å². The van der Waals surface area contributed by atoms with Crippen LogP contribution in [0.5, 0.6) is 11.6 Å². The van der Waals surface area contributed by atoms with E-state index in [9.17, 15) is 19.3 Å². The van der Waals surface area contributed by atoms with Crippen molar-refractivity contribution in [1.82, 2.24) is 4.98 Å². The molecule has 0 atom stereocenters. The summed E-state index contributed by atoms with van der Waals surface area (Å²) in [6.07, 6.45) is 0. The first-order valence-electron chi connectivity index (χ1n) is 5.50. The van der Waals surface area contributed by atoms with E-state index in [0.29, 0.717) is 0 Å². The highest BCUT2D eigenvalue weighted by atomic mass is 19.1. The zero-order chi connectivity index (χ0) is 15.6. The van der Waals surface area contributed by atoms with Gasteiger partial charge in [0.25, 0.3) is 0 Å². The Kier molecular flexibility index (Phi) is 3.65. The van der Waals surface area contributed by atoms with Crippen molar-refractivity contribution in [2.45, 2.75) is 0 Å². The molecule has 0 amide bonds. The van der Waals surface area contributed by atoms with Crippen LogP contribution in [0.4, 0.5) is 15.9 Å². The zero-order valence-electron chi connectivity index (χ0n) is 10.3. The molecule has 9 heteroatoms. The quantitative estimate of drug-likeness (QED) is 0.653. The minimum atomic E-state index is -1.39. The Balaban J connectivity index is 2.37. The third-order valence-electron chi connectivity index (χ3n) is 2.46. The zero-order valence-corrected chi connectivity index (χ0v) is 10.3. The van der Waals surface area contributed by atoms with Gasteiger partial charge in [0.05, 0.1) is 4.92 Å². The molecule has 108 valence electrons. The summed E-state index contributed by atoms with van der Waals surface area (Å²) in [7, 11) is 0. The number of pyridine rings is 1. The summed E-state index contributed by atoms with van der Waals surface area (Å²) in [4.78, 5) is 24.5. The number of hydrogen-bond donors (Lipinski definition) is 2. The van der Waals surface area contributed by atoms with E-state index in [0.717, 1.165) is 30.3 Å². The van der Waals surface area contributed by atoms with Gasteiger partial charge < -0.3 is 15.6 Å². The van der Waals surface area contributed by atoms with E-state index >= 15 is 0 Å². The van der Waals surface area contributed by atoms with Gasteiger partial charge in [-0.2, -0.15) is 4.98 Å². The Morgan fingerprint density at radius 3 is 2.67 bits per heavy atom. The maximum atomic E-state index is 13.0. The SMILES string of the molecule is Nc1nc(Oc2ccc(F)cc2C(=O)O)ccc1[N+](=O)[O-]. The number of carboxylic acids is 1. The predicted octanol–water partition coefficient (Wildman–Crippen LogP) is 2.20. The van der Waals surface area contributed by atoms with E-state index in [2.05, 4.69) is 4.98 Å². The van der Waals surface area contributed by atoms with Crippen LogP contribution in [0.25, 0.3) is 0 Å². The number of nitrogens with zero attached hydrogens (tertiary/aromatic N) is 2. The number of benzene rings is 1. The lowest BCUT2D eigenvalue weighted by Crippen LogP contribution is -2.03. The molecule has 0 unspecified atom stereocenters. The monoisotopic (exact) mass is 293 g/mol. The van der Waals surface area contributed by atoms with E-state index in [-0.39, 0.29) is 17.4 Å². The first-order valence-corrected chi connectivity index (χ1v) is 5.50. The second kappa shape index (κ2) is 5.41. The number of ether oxygens (including phenoxy) is 1. The first-order chi connectivity index (χ1) is 9.88. The van der Waals surface area contributed by atoms with Gasteiger partial charge in [-0.25, -0.2) is 9.18 Å². The molecule has 2 aromatic rings. The second-order valence-corrected chi connectivity index (χ2v) is 3.86. The van der Waals surface area contributed by atoms with Gasteiger partial charge in [-0.1, -0.05) is 0 Å². The summed E-state index contributed by atoms with van der Waals surface area (Å²) in [5.41, 5.74) is 4.58. The second-order valence-electron chi connectivity index (χ2n) is 3.86. The van der Waals surface area contributed by atoms with Crippen LogP contribution < -0.4 is 10.5 Å². The highest BCUT2D eigenvalue weighted by Gasteiger charge is 2.17. The lowest BCUT2D eigenvalue weighted by atomic mass is 10.2. The summed E-state index contributed by atoms with van der Waals surface area (Å²) in [5.74, 6) is -2.82. The lowest BCUT2D eigenvalue weighted by Gasteiger charge is -2.08. The van der Waals surface area contributed by atoms with Crippen LogP contribution in [0.15, 0.2) is 30.3 Å². The number of aromatic carboxylic acids is 1. The van der Waals surface area contributed by atoms with Crippen molar-refractivity contribution in [1.29, 1.82) is 0 Å². The summed E-state index contributed by atoms with van der Waals surface area (Å²) in [6, 6.07) is 5.13. The molecule has 0 saturated heterocycles. The Labute approximate surface area is 116 Å². The van der Waals surface area contributed by atoms with Gasteiger partial charge in [-0.3, -0.25) is 10.1 Å². The van der Waals surface area contributed by atoms with Gasteiger partial charge in [0, 0.05) is 12.1 Å². The molecule has 0 fully saturated rings. The fourth-order valence-electron chi connectivity index (χ4n) is 1.53. The normalized spacial score (nSPS) is 10.1. The minimum Gasteiger partial charge on any atom is -0.478 e. The fourth-order valence-corrected chi connectivity index (χ4v) is 1.53. The van der Waals surface area contributed by atoms with Crippen molar-refractivity contribution < 1.29 is 24.0 Å². The standard InChI is InChI=1S/C12H8FN3O5/c13-6-1-3-9(7(5-6)12(17)18)21-10-4-2-8(16(19)20)11(14)15-10/h1-5H,(H2,14,15)(H,17,18). The molecule has 8 nitrogen and oxygen atoms in total. The number of anilines is 1. The van der Waals surface area contributed by atoms with Crippen molar-refractivity contribution in [3.63, 3.8) is 0 Å². The van der Waals surface area contributed by atoms with Gasteiger partial charge in [-0.15, -0.1) is 0 Å². The summed E-state index contributed by atoms with van der Waals surface area (Å²) in [5, 5.41) is 19.6.